The minimum Gasteiger partial charge on any atom is -0.356 e. The van der Waals surface area contributed by atoms with Gasteiger partial charge in [-0.1, -0.05) is 12.5 Å². The summed E-state index contributed by atoms with van der Waals surface area (Å²) in [6, 6.07) is 4.90. The molecule has 2 fully saturated rings. The summed E-state index contributed by atoms with van der Waals surface area (Å²) < 4.78 is 27.5. The van der Waals surface area contributed by atoms with Crippen LogP contribution in [0.15, 0.2) is 23.1 Å². The molecule has 1 aromatic carbocycles. The van der Waals surface area contributed by atoms with Crippen LogP contribution < -0.4 is 10.6 Å². The van der Waals surface area contributed by atoms with E-state index >= 15 is 0 Å². The van der Waals surface area contributed by atoms with Crippen LogP contribution in [0.2, 0.25) is 0 Å². The van der Waals surface area contributed by atoms with Gasteiger partial charge in [-0.2, -0.15) is 4.31 Å². The monoisotopic (exact) mass is 450 g/mol. The zero-order chi connectivity index (χ0) is 22.4. The van der Waals surface area contributed by atoms with E-state index in [1.165, 1.54) is 4.31 Å². The van der Waals surface area contributed by atoms with Gasteiger partial charge in [0.1, 0.15) is 0 Å². The van der Waals surface area contributed by atoms with E-state index in [0.29, 0.717) is 31.9 Å². The van der Waals surface area contributed by atoms with Crippen LogP contribution in [-0.4, -0.2) is 68.7 Å². The highest BCUT2D eigenvalue weighted by Gasteiger charge is 2.28. The maximum atomic E-state index is 13.0. The van der Waals surface area contributed by atoms with Gasteiger partial charge in [0.2, 0.25) is 21.8 Å². The number of piperidine rings is 2. The Hall–Kier alpha value is -1.97. The number of hydrogen-bond acceptors (Lipinski definition) is 5. The molecular weight excluding hydrogens is 416 g/mol. The number of hydrogen-bond donors (Lipinski definition) is 2. The van der Waals surface area contributed by atoms with Crippen molar-refractivity contribution in [3.05, 3.63) is 23.8 Å². The summed E-state index contributed by atoms with van der Waals surface area (Å²) in [5.74, 6) is -0.257. The first kappa shape index (κ1) is 23.7. The standard InChI is InChI=1S/C22H34N4O4S/c1-3-23-22(28)18-8-7-11-25(15-18)16-21(27)24-20-14-19(10-9-17(20)2)31(29,30)26-12-5-4-6-13-26/h9-10,14,18H,3-8,11-13,15-16H2,1-2H3,(H,23,28)(H,24,27). The molecule has 2 aliphatic rings. The van der Waals surface area contributed by atoms with E-state index in [-0.39, 0.29) is 29.2 Å². The number of carbonyl (C=O) groups is 2. The third-order valence-electron chi connectivity index (χ3n) is 6.03. The highest BCUT2D eigenvalue weighted by atomic mass is 32.2. The summed E-state index contributed by atoms with van der Waals surface area (Å²) in [6.45, 7) is 6.93. The van der Waals surface area contributed by atoms with Crippen molar-refractivity contribution in [3.63, 3.8) is 0 Å². The van der Waals surface area contributed by atoms with Crippen LogP contribution >= 0.6 is 0 Å². The third kappa shape index (κ3) is 6.05. The first-order valence-corrected chi connectivity index (χ1v) is 12.7. The van der Waals surface area contributed by atoms with Crippen molar-refractivity contribution in [1.29, 1.82) is 0 Å². The van der Waals surface area contributed by atoms with Gasteiger partial charge >= 0.3 is 0 Å². The topological polar surface area (TPSA) is 98.8 Å². The molecule has 172 valence electrons. The van der Waals surface area contributed by atoms with E-state index < -0.39 is 10.0 Å². The van der Waals surface area contributed by atoms with Gasteiger partial charge in [0, 0.05) is 31.9 Å². The smallest absolute Gasteiger partial charge is 0.243 e. The molecule has 2 N–H and O–H groups in total. The average Bonchev–Trinajstić information content (AvgIpc) is 2.76. The van der Waals surface area contributed by atoms with Crippen molar-refractivity contribution in [2.24, 2.45) is 5.92 Å². The quantitative estimate of drug-likeness (QED) is 0.662. The number of likely N-dealkylation sites (tertiary alicyclic amines) is 1. The Morgan fingerprint density at radius 3 is 2.55 bits per heavy atom. The van der Waals surface area contributed by atoms with Gasteiger partial charge in [0.15, 0.2) is 0 Å². The predicted octanol–water partition coefficient (Wildman–Crippen LogP) is 1.96. The van der Waals surface area contributed by atoms with Crippen molar-refractivity contribution in [2.45, 2.75) is 50.8 Å². The number of nitrogens with zero attached hydrogens (tertiary/aromatic N) is 2. The third-order valence-corrected chi connectivity index (χ3v) is 7.93. The lowest BCUT2D eigenvalue weighted by Crippen LogP contribution is -2.45. The molecular formula is C22H34N4O4S. The van der Waals surface area contributed by atoms with Crippen LogP contribution in [0.3, 0.4) is 0 Å². The molecule has 1 unspecified atom stereocenters. The van der Waals surface area contributed by atoms with Gasteiger partial charge in [0.05, 0.1) is 17.4 Å². The van der Waals surface area contributed by atoms with E-state index in [4.69, 9.17) is 0 Å². The van der Waals surface area contributed by atoms with E-state index in [0.717, 1.165) is 44.2 Å². The van der Waals surface area contributed by atoms with Gasteiger partial charge in [-0.3, -0.25) is 14.5 Å². The molecule has 0 saturated carbocycles. The summed E-state index contributed by atoms with van der Waals surface area (Å²) in [7, 11) is -3.56. The number of sulfonamides is 1. The molecule has 0 bridgehead atoms. The zero-order valence-electron chi connectivity index (χ0n) is 18.5. The van der Waals surface area contributed by atoms with Crippen molar-refractivity contribution in [2.75, 3.05) is 44.6 Å². The molecule has 31 heavy (non-hydrogen) atoms. The summed E-state index contributed by atoms with van der Waals surface area (Å²) in [4.78, 5) is 27.0. The maximum absolute atomic E-state index is 13.0. The number of benzene rings is 1. The first-order valence-electron chi connectivity index (χ1n) is 11.2. The Labute approximate surface area is 185 Å². The van der Waals surface area contributed by atoms with Crippen molar-refractivity contribution < 1.29 is 18.0 Å². The second kappa shape index (κ2) is 10.6. The Kier molecular flexibility index (Phi) is 8.07. The lowest BCUT2D eigenvalue weighted by Gasteiger charge is -2.31. The van der Waals surface area contributed by atoms with Gasteiger partial charge in [0.25, 0.3) is 0 Å². The molecule has 3 rings (SSSR count). The molecule has 0 aliphatic carbocycles. The zero-order valence-corrected chi connectivity index (χ0v) is 19.3. The van der Waals surface area contributed by atoms with Gasteiger partial charge in [-0.15, -0.1) is 0 Å². The molecule has 2 saturated heterocycles. The molecule has 2 amide bonds. The Balaban J connectivity index is 1.64. The number of nitrogens with one attached hydrogen (secondary N) is 2. The Morgan fingerprint density at radius 2 is 1.84 bits per heavy atom. The van der Waals surface area contributed by atoms with Crippen LogP contribution in [0.25, 0.3) is 0 Å². The summed E-state index contributed by atoms with van der Waals surface area (Å²) >= 11 is 0. The van der Waals surface area contributed by atoms with Crippen LogP contribution in [0, 0.1) is 12.8 Å². The molecule has 0 radical (unpaired) electrons. The Bertz CT molecular complexity index is 897. The van der Waals surface area contributed by atoms with Gasteiger partial charge < -0.3 is 10.6 Å². The lowest BCUT2D eigenvalue weighted by atomic mass is 9.97. The highest BCUT2D eigenvalue weighted by Crippen LogP contribution is 2.25. The van der Waals surface area contributed by atoms with Crippen LogP contribution in [0.1, 0.15) is 44.6 Å². The van der Waals surface area contributed by atoms with Crippen LogP contribution in [0.4, 0.5) is 5.69 Å². The van der Waals surface area contributed by atoms with Crippen LogP contribution in [0.5, 0.6) is 0 Å². The largest absolute Gasteiger partial charge is 0.356 e. The molecule has 9 heteroatoms. The average molecular weight is 451 g/mol. The SMILES string of the molecule is CCNC(=O)C1CCCN(CC(=O)Nc2cc(S(=O)(=O)N3CCCCC3)ccc2C)C1. The summed E-state index contributed by atoms with van der Waals surface area (Å²) in [5, 5.41) is 5.73. The molecule has 1 aromatic rings. The van der Waals surface area contributed by atoms with Crippen molar-refractivity contribution >= 4 is 27.5 Å². The first-order chi connectivity index (χ1) is 14.8. The molecule has 0 aromatic heterocycles. The van der Waals surface area contributed by atoms with E-state index in [9.17, 15) is 18.0 Å². The Morgan fingerprint density at radius 1 is 1.10 bits per heavy atom. The summed E-state index contributed by atoms with van der Waals surface area (Å²) in [5.41, 5.74) is 1.32. The minimum absolute atomic E-state index is 0.0408. The molecule has 1 atom stereocenters. The molecule has 8 nitrogen and oxygen atoms in total. The second-order valence-electron chi connectivity index (χ2n) is 8.46. The predicted molar refractivity (Wildman–Crippen MR) is 120 cm³/mol. The molecule has 0 spiro atoms. The second-order valence-corrected chi connectivity index (χ2v) is 10.4. The summed E-state index contributed by atoms with van der Waals surface area (Å²) in [6.07, 6.45) is 4.51. The van der Waals surface area contributed by atoms with E-state index in [1.807, 2.05) is 18.7 Å². The van der Waals surface area contributed by atoms with E-state index in [1.54, 1.807) is 18.2 Å². The minimum atomic E-state index is -3.56. The fourth-order valence-electron chi connectivity index (χ4n) is 4.28. The number of anilines is 1. The maximum Gasteiger partial charge on any atom is 0.243 e. The molecule has 2 aliphatic heterocycles. The fourth-order valence-corrected chi connectivity index (χ4v) is 5.82. The van der Waals surface area contributed by atoms with Gasteiger partial charge in [-0.25, -0.2) is 8.42 Å². The highest BCUT2D eigenvalue weighted by molar-refractivity contribution is 7.89. The lowest BCUT2D eigenvalue weighted by molar-refractivity contribution is -0.127. The number of amides is 2. The van der Waals surface area contributed by atoms with E-state index in [2.05, 4.69) is 10.6 Å². The number of aryl methyl sites for hydroxylation is 1. The van der Waals surface area contributed by atoms with Crippen molar-refractivity contribution in [1.82, 2.24) is 14.5 Å². The van der Waals surface area contributed by atoms with Crippen molar-refractivity contribution in [3.8, 4) is 0 Å². The van der Waals surface area contributed by atoms with Gasteiger partial charge in [-0.05, 0) is 63.8 Å². The number of carbonyl (C=O) groups excluding carboxylic acids is 2. The number of rotatable bonds is 7. The molecule has 2 heterocycles. The fraction of sp³-hybridized carbons (Fsp3) is 0.636. The van der Waals surface area contributed by atoms with Crippen LogP contribution in [-0.2, 0) is 19.6 Å². The normalized spacial score (nSPS) is 20.9.